The van der Waals surface area contributed by atoms with Crippen LogP contribution in [0.1, 0.15) is 28.8 Å². The summed E-state index contributed by atoms with van der Waals surface area (Å²) in [5.41, 5.74) is 2.17. The standard InChI is InChI=1S/C13H18N2O2/c1-9-2-3-11(13(16)17)12(8-9)15-10-4-6-14-7-5-10/h2-3,8,10,14-15H,4-7H2,1H3,(H,16,17). The van der Waals surface area contributed by atoms with E-state index in [1.165, 1.54) is 0 Å². The summed E-state index contributed by atoms with van der Waals surface area (Å²) in [5.74, 6) is -0.874. The molecule has 1 aliphatic heterocycles. The van der Waals surface area contributed by atoms with Crippen LogP contribution in [0.2, 0.25) is 0 Å². The van der Waals surface area contributed by atoms with Gasteiger partial charge in [-0.25, -0.2) is 4.79 Å². The summed E-state index contributed by atoms with van der Waals surface area (Å²) in [6, 6.07) is 5.78. The van der Waals surface area contributed by atoms with Crippen molar-refractivity contribution in [1.82, 2.24) is 5.32 Å². The summed E-state index contributed by atoms with van der Waals surface area (Å²) < 4.78 is 0. The molecular formula is C13H18N2O2. The van der Waals surface area contributed by atoms with Crippen molar-refractivity contribution in [2.45, 2.75) is 25.8 Å². The molecule has 1 aromatic rings. The van der Waals surface area contributed by atoms with Gasteiger partial charge in [-0.15, -0.1) is 0 Å². The molecule has 1 aromatic carbocycles. The minimum Gasteiger partial charge on any atom is -0.478 e. The van der Waals surface area contributed by atoms with Crippen molar-refractivity contribution >= 4 is 11.7 Å². The van der Waals surface area contributed by atoms with Crippen LogP contribution in [-0.2, 0) is 0 Å². The molecule has 0 saturated carbocycles. The van der Waals surface area contributed by atoms with E-state index in [1.807, 2.05) is 19.1 Å². The second-order valence-electron chi connectivity index (χ2n) is 4.52. The zero-order valence-corrected chi connectivity index (χ0v) is 9.99. The maximum absolute atomic E-state index is 11.1. The number of aromatic carboxylic acids is 1. The van der Waals surface area contributed by atoms with Crippen LogP contribution in [0.4, 0.5) is 5.69 Å². The number of carbonyl (C=O) groups is 1. The SMILES string of the molecule is Cc1ccc(C(=O)O)c(NC2CCNCC2)c1. The molecule has 17 heavy (non-hydrogen) atoms. The van der Waals surface area contributed by atoms with Gasteiger partial charge in [0.2, 0.25) is 0 Å². The molecule has 0 bridgehead atoms. The molecule has 0 aromatic heterocycles. The molecule has 0 amide bonds. The Kier molecular flexibility index (Phi) is 3.64. The van der Waals surface area contributed by atoms with Crippen LogP contribution in [0.5, 0.6) is 0 Å². The summed E-state index contributed by atoms with van der Waals surface area (Å²) in [6.45, 7) is 3.96. The Morgan fingerprint density at radius 2 is 2.12 bits per heavy atom. The Morgan fingerprint density at radius 1 is 1.41 bits per heavy atom. The third kappa shape index (κ3) is 2.97. The topological polar surface area (TPSA) is 61.4 Å². The number of anilines is 1. The molecule has 1 aliphatic rings. The quantitative estimate of drug-likeness (QED) is 0.747. The average Bonchev–Trinajstić information content (AvgIpc) is 2.30. The highest BCUT2D eigenvalue weighted by molar-refractivity contribution is 5.94. The minimum absolute atomic E-state index is 0.356. The maximum Gasteiger partial charge on any atom is 0.337 e. The lowest BCUT2D eigenvalue weighted by molar-refractivity contribution is 0.0698. The Morgan fingerprint density at radius 3 is 2.76 bits per heavy atom. The fraction of sp³-hybridized carbons (Fsp3) is 0.462. The molecular weight excluding hydrogens is 216 g/mol. The predicted octanol–water partition coefficient (Wildman–Crippen LogP) is 1.86. The largest absolute Gasteiger partial charge is 0.478 e. The first kappa shape index (κ1) is 11.9. The van der Waals surface area contributed by atoms with E-state index < -0.39 is 5.97 Å². The molecule has 2 rings (SSSR count). The number of piperidine rings is 1. The first-order valence-corrected chi connectivity index (χ1v) is 5.98. The van der Waals surface area contributed by atoms with E-state index in [0.717, 1.165) is 37.2 Å². The molecule has 0 unspecified atom stereocenters. The first-order chi connectivity index (χ1) is 8.16. The highest BCUT2D eigenvalue weighted by Crippen LogP contribution is 2.20. The van der Waals surface area contributed by atoms with Crippen LogP contribution in [0, 0.1) is 6.92 Å². The van der Waals surface area contributed by atoms with E-state index in [2.05, 4.69) is 10.6 Å². The molecule has 92 valence electrons. The van der Waals surface area contributed by atoms with Gasteiger partial charge in [0.25, 0.3) is 0 Å². The van der Waals surface area contributed by atoms with Gasteiger partial charge >= 0.3 is 5.97 Å². The number of nitrogens with one attached hydrogen (secondary N) is 2. The maximum atomic E-state index is 11.1. The second-order valence-corrected chi connectivity index (χ2v) is 4.52. The van der Waals surface area contributed by atoms with Gasteiger partial charge in [0.1, 0.15) is 0 Å². The van der Waals surface area contributed by atoms with Gasteiger partial charge in [-0.3, -0.25) is 0 Å². The lowest BCUT2D eigenvalue weighted by atomic mass is 10.0. The van der Waals surface area contributed by atoms with Crippen molar-refractivity contribution in [1.29, 1.82) is 0 Å². The summed E-state index contributed by atoms with van der Waals surface area (Å²) >= 11 is 0. The molecule has 0 atom stereocenters. The Balaban J connectivity index is 2.17. The summed E-state index contributed by atoms with van der Waals surface area (Å²) in [4.78, 5) is 11.1. The van der Waals surface area contributed by atoms with Gasteiger partial charge in [0.05, 0.1) is 5.56 Å². The molecule has 1 heterocycles. The van der Waals surface area contributed by atoms with E-state index >= 15 is 0 Å². The molecule has 0 aliphatic carbocycles. The third-order valence-electron chi connectivity index (χ3n) is 3.10. The molecule has 1 fully saturated rings. The van der Waals surface area contributed by atoms with Gasteiger partial charge in [0.15, 0.2) is 0 Å². The molecule has 3 N–H and O–H groups in total. The minimum atomic E-state index is -0.874. The van der Waals surface area contributed by atoms with Crippen molar-refractivity contribution in [3.8, 4) is 0 Å². The average molecular weight is 234 g/mol. The first-order valence-electron chi connectivity index (χ1n) is 5.98. The number of carboxylic acid groups (broad SMARTS) is 1. The number of hydrogen-bond donors (Lipinski definition) is 3. The van der Waals surface area contributed by atoms with Crippen LogP contribution < -0.4 is 10.6 Å². The van der Waals surface area contributed by atoms with Crippen LogP contribution in [0.3, 0.4) is 0 Å². The van der Waals surface area contributed by atoms with E-state index in [1.54, 1.807) is 6.07 Å². The smallest absolute Gasteiger partial charge is 0.337 e. The highest BCUT2D eigenvalue weighted by Gasteiger charge is 2.16. The predicted molar refractivity (Wildman–Crippen MR) is 67.7 cm³/mol. The van der Waals surface area contributed by atoms with Gasteiger partial charge in [-0.2, -0.15) is 0 Å². The monoisotopic (exact) mass is 234 g/mol. The Bertz CT molecular complexity index is 412. The van der Waals surface area contributed by atoms with E-state index in [-0.39, 0.29) is 0 Å². The van der Waals surface area contributed by atoms with Gasteiger partial charge < -0.3 is 15.7 Å². The van der Waals surface area contributed by atoms with Crippen LogP contribution >= 0.6 is 0 Å². The van der Waals surface area contributed by atoms with Crippen LogP contribution in [-0.4, -0.2) is 30.2 Å². The van der Waals surface area contributed by atoms with E-state index in [9.17, 15) is 4.79 Å². The van der Waals surface area contributed by atoms with Crippen molar-refractivity contribution in [3.63, 3.8) is 0 Å². The Labute approximate surface area is 101 Å². The Hall–Kier alpha value is -1.55. The zero-order valence-electron chi connectivity index (χ0n) is 9.99. The molecule has 1 saturated heterocycles. The fourth-order valence-electron chi connectivity index (χ4n) is 2.15. The van der Waals surface area contributed by atoms with Crippen molar-refractivity contribution in [2.75, 3.05) is 18.4 Å². The molecule has 4 nitrogen and oxygen atoms in total. The highest BCUT2D eigenvalue weighted by atomic mass is 16.4. The third-order valence-corrected chi connectivity index (χ3v) is 3.10. The number of hydrogen-bond acceptors (Lipinski definition) is 3. The summed E-state index contributed by atoms with van der Waals surface area (Å²) in [6.07, 6.45) is 2.07. The van der Waals surface area contributed by atoms with Crippen molar-refractivity contribution in [3.05, 3.63) is 29.3 Å². The van der Waals surface area contributed by atoms with Gasteiger partial charge in [-0.1, -0.05) is 6.07 Å². The van der Waals surface area contributed by atoms with Crippen molar-refractivity contribution in [2.24, 2.45) is 0 Å². The van der Waals surface area contributed by atoms with E-state index in [0.29, 0.717) is 11.6 Å². The zero-order chi connectivity index (χ0) is 12.3. The van der Waals surface area contributed by atoms with Crippen LogP contribution in [0.25, 0.3) is 0 Å². The van der Waals surface area contributed by atoms with Crippen LogP contribution in [0.15, 0.2) is 18.2 Å². The number of carboxylic acids is 1. The second kappa shape index (κ2) is 5.19. The van der Waals surface area contributed by atoms with Gasteiger partial charge in [-0.05, 0) is 50.6 Å². The van der Waals surface area contributed by atoms with Gasteiger partial charge in [0, 0.05) is 11.7 Å². The summed E-state index contributed by atoms with van der Waals surface area (Å²) in [5, 5.41) is 15.8. The summed E-state index contributed by atoms with van der Waals surface area (Å²) in [7, 11) is 0. The molecule has 0 spiro atoms. The number of rotatable bonds is 3. The number of aryl methyl sites for hydroxylation is 1. The lowest BCUT2D eigenvalue weighted by Crippen LogP contribution is -2.35. The fourth-order valence-corrected chi connectivity index (χ4v) is 2.15. The van der Waals surface area contributed by atoms with Crippen molar-refractivity contribution < 1.29 is 9.90 Å². The van der Waals surface area contributed by atoms with E-state index in [4.69, 9.17) is 5.11 Å². The lowest BCUT2D eigenvalue weighted by Gasteiger charge is -2.25. The normalized spacial score (nSPS) is 16.8. The number of benzene rings is 1. The molecule has 0 radical (unpaired) electrons. The molecule has 4 heteroatoms.